The highest BCUT2D eigenvalue weighted by atomic mass is 19.1. The Morgan fingerprint density at radius 2 is 2.00 bits per heavy atom. The summed E-state index contributed by atoms with van der Waals surface area (Å²) in [6, 6.07) is 7.62. The fourth-order valence-electron chi connectivity index (χ4n) is 1.85. The molecule has 0 aliphatic carbocycles. The van der Waals surface area contributed by atoms with Crippen LogP contribution in [0.5, 0.6) is 5.75 Å². The first-order valence-corrected chi connectivity index (χ1v) is 5.45. The van der Waals surface area contributed by atoms with Gasteiger partial charge in [0.15, 0.2) is 0 Å². The van der Waals surface area contributed by atoms with E-state index in [-0.39, 0.29) is 11.9 Å². The van der Waals surface area contributed by atoms with Crippen LogP contribution in [0.25, 0.3) is 0 Å². The molecule has 2 rings (SSSR count). The number of benzene rings is 1. The van der Waals surface area contributed by atoms with Gasteiger partial charge >= 0.3 is 0 Å². The van der Waals surface area contributed by atoms with Gasteiger partial charge < -0.3 is 4.74 Å². The monoisotopic (exact) mass is 247 g/mol. The molecule has 0 fully saturated rings. The lowest BCUT2D eigenvalue weighted by molar-refractivity contribution is 0.402. The maximum absolute atomic E-state index is 13.4. The minimum atomic E-state index is -0.348. The van der Waals surface area contributed by atoms with Crippen LogP contribution in [0.1, 0.15) is 17.2 Å². The average Bonchev–Trinajstić information content (AvgIpc) is 2.41. The van der Waals surface area contributed by atoms with Crippen molar-refractivity contribution < 1.29 is 9.13 Å². The van der Waals surface area contributed by atoms with Crippen molar-refractivity contribution in [3.63, 3.8) is 0 Å². The third-order valence-corrected chi connectivity index (χ3v) is 2.71. The van der Waals surface area contributed by atoms with Gasteiger partial charge in [-0.15, -0.1) is 0 Å². The lowest BCUT2D eigenvalue weighted by atomic mass is 9.99. The predicted molar refractivity (Wildman–Crippen MR) is 66.4 cm³/mol. The van der Waals surface area contributed by atoms with Gasteiger partial charge in [0, 0.05) is 18.0 Å². The van der Waals surface area contributed by atoms with E-state index in [0.717, 1.165) is 5.56 Å². The number of ether oxygens (including phenoxy) is 1. The lowest BCUT2D eigenvalue weighted by Crippen LogP contribution is -2.29. The minimum absolute atomic E-state index is 0.333. The van der Waals surface area contributed by atoms with E-state index in [0.29, 0.717) is 11.3 Å². The van der Waals surface area contributed by atoms with E-state index in [1.54, 1.807) is 18.5 Å². The maximum Gasteiger partial charge on any atom is 0.124 e. The normalized spacial score (nSPS) is 12.2. The zero-order chi connectivity index (χ0) is 13.0. The molecule has 0 bridgehead atoms. The van der Waals surface area contributed by atoms with Crippen LogP contribution in [0.2, 0.25) is 0 Å². The van der Waals surface area contributed by atoms with Crippen molar-refractivity contribution in [2.45, 2.75) is 6.04 Å². The van der Waals surface area contributed by atoms with E-state index < -0.39 is 0 Å². The van der Waals surface area contributed by atoms with Crippen molar-refractivity contribution >= 4 is 0 Å². The van der Waals surface area contributed by atoms with Gasteiger partial charge in [0.1, 0.15) is 11.6 Å². The number of hydrogen-bond acceptors (Lipinski definition) is 4. The molecule has 3 N–H and O–H groups in total. The van der Waals surface area contributed by atoms with Crippen LogP contribution < -0.4 is 16.0 Å². The highest BCUT2D eigenvalue weighted by Crippen LogP contribution is 2.29. The summed E-state index contributed by atoms with van der Waals surface area (Å²) in [5.74, 6) is 5.81. The van der Waals surface area contributed by atoms with Crippen LogP contribution in [0.15, 0.2) is 42.7 Å². The van der Waals surface area contributed by atoms with E-state index in [1.807, 2.05) is 12.1 Å². The van der Waals surface area contributed by atoms with E-state index in [2.05, 4.69) is 10.4 Å². The van der Waals surface area contributed by atoms with Crippen LogP contribution in [-0.2, 0) is 0 Å². The van der Waals surface area contributed by atoms with Gasteiger partial charge in [-0.2, -0.15) is 0 Å². The standard InChI is InChI=1S/C13H14FN3O/c1-18-12-3-2-10(14)8-11(12)13(17-15)9-4-6-16-7-5-9/h2-8,13,17H,15H2,1H3. The number of rotatable bonds is 4. The smallest absolute Gasteiger partial charge is 0.124 e. The SMILES string of the molecule is COc1ccc(F)cc1C(NN)c1ccncc1. The number of hydrogen-bond donors (Lipinski definition) is 2. The van der Waals surface area contributed by atoms with Gasteiger partial charge in [0.2, 0.25) is 0 Å². The molecule has 0 aliphatic rings. The number of nitrogens with zero attached hydrogens (tertiary/aromatic N) is 1. The van der Waals surface area contributed by atoms with Crippen LogP contribution in [0.4, 0.5) is 4.39 Å². The fourth-order valence-corrected chi connectivity index (χ4v) is 1.85. The fraction of sp³-hybridized carbons (Fsp3) is 0.154. The molecule has 1 atom stereocenters. The van der Waals surface area contributed by atoms with Crippen LogP contribution in [0.3, 0.4) is 0 Å². The van der Waals surface area contributed by atoms with Crippen molar-refractivity contribution in [1.29, 1.82) is 0 Å². The molecule has 4 nitrogen and oxygen atoms in total. The summed E-state index contributed by atoms with van der Waals surface area (Å²) < 4.78 is 18.6. The Morgan fingerprint density at radius 3 is 2.61 bits per heavy atom. The molecular formula is C13H14FN3O. The van der Waals surface area contributed by atoms with E-state index >= 15 is 0 Å². The summed E-state index contributed by atoms with van der Waals surface area (Å²) in [5.41, 5.74) is 4.19. The Morgan fingerprint density at radius 1 is 1.28 bits per heavy atom. The predicted octanol–water partition coefficient (Wildman–Crippen LogP) is 1.78. The second-order valence-corrected chi connectivity index (χ2v) is 3.77. The Hall–Kier alpha value is -1.98. The highest BCUT2D eigenvalue weighted by molar-refractivity contribution is 5.41. The molecule has 1 aromatic heterocycles. The lowest BCUT2D eigenvalue weighted by Gasteiger charge is -2.19. The van der Waals surface area contributed by atoms with E-state index in [9.17, 15) is 4.39 Å². The molecule has 1 aromatic carbocycles. The zero-order valence-electron chi connectivity index (χ0n) is 9.93. The first kappa shape index (κ1) is 12.5. The number of pyridine rings is 1. The number of nitrogens with one attached hydrogen (secondary N) is 1. The Kier molecular flexibility index (Phi) is 3.86. The van der Waals surface area contributed by atoms with Crippen LogP contribution in [0, 0.1) is 5.82 Å². The molecule has 0 amide bonds. The third kappa shape index (κ3) is 2.47. The summed E-state index contributed by atoms with van der Waals surface area (Å²) in [4.78, 5) is 3.94. The summed E-state index contributed by atoms with van der Waals surface area (Å²) >= 11 is 0. The highest BCUT2D eigenvalue weighted by Gasteiger charge is 2.17. The zero-order valence-corrected chi connectivity index (χ0v) is 9.93. The topological polar surface area (TPSA) is 60.2 Å². The van der Waals surface area contributed by atoms with Crippen LogP contribution in [-0.4, -0.2) is 12.1 Å². The van der Waals surface area contributed by atoms with Gasteiger partial charge in [0.05, 0.1) is 13.2 Å². The third-order valence-electron chi connectivity index (χ3n) is 2.71. The van der Waals surface area contributed by atoms with E-state index in [4.69, 9.17) is 10.6 Å². The summed E-state index contributed by atoms with van der Waals surface area (Å²) in [5, 5.41) is 0. The maximum atomic E-state index is 13.4. The molecule has 2 aromatic rings. The molecule has 1 unspecified atom stereocenters. The number of halogens is 1. The van der Waals surface area contributed by atoms with E-state index in [1.165, 1.54) is 19.2 Å². The van der Waals surface area contributed by atoms with Gasteiger partial charge in [0.25, 0.3) is 0 Å². The van der Waals surface area contributed by atoms with Gasteiger partial charge in [-0.25, -0.2) is 9.82 Å². The molecule has 0 radical (unpaired) electrons. The van der Waals surface area contributed by atoms with Crippen molar-refractivity contribution in [3.05, 3.63) is 59.7 Å². The largest absolute Gasteiger partial charge is 0.496 e. The molecule has 0 saturated heterocycles. The summed E-state index contributed by atoms with van der Waals surface area (Å²) in [7, 11) is 1.54. The van der Waals surface area contributed by atoms with Crippen molar-refractivity contribution in [3.8, 4) is 5.75 Å². The summed E-state index contributed by atoms with van der Waals surface area (Å²) in [6.07, 6.45) is 3.32. The molecule has 18 heavy (non-hydrogen) atoms. The van der Waals surface area contributed by atoms with Gasteiger partial charge in [-0.05, 0) is 35.9 Å². The minimum Gasteiger partial charge on any atom is -0.496 e. The van der Waals surface area contributed by atoms with Crippen LogP contribution >= 0.6 is 0 Å². The molecule has 94 valence electrons. The molecular weight excluding hydrogens is 233 g/mol. The second kappa shape index (κ2) is 5.57. The Bertz CT molecular complexity index is 519. The molecule has 5 heteroatoms. The van der Waals surface area contributed by atoms with Gasteiger partial charge in [-0.3, -0.25) is 10.8 Å². The first-order valence-electron chi connectivity index (χ1n) is 5.45. The molecule has 0 aliphatic heterocycles. The van der Waals surface area contributed by atoms with Crippen molar-refractivity contribution in [2.24, 2.45) is 5.84 Å². The van der Waals surface area contributed by atoms with Crippen molar-refractivity contribution in [2.75, 3.05) is 7.11 Å². The Balaban J connectivity index is 2.48. The second-order valence-electron chi connectivity index (χ2n) is 3.77. The van der Waals surface area contributed by atoms with Gasteiger partial charge in [-0.1, -0.05) is 0 Å². The number of nitrogens with two attached hydrogens (primary N) is 1. The Labute approximate surface area is 105 Å². The number of methoxy groups -OCH3 is 1. The number of aromatic nitrogens is 1. The summed E-state index contributed by atoms with van der Waals surface area (Å²) in [6.45, 7) is 0. The molecule has 0 spiro atoms. The average molecular weight is 247 g/mol. The quantitative estimate of drug-likeness (QED) is 0.638. The van der Waals surface area contributed by atoms with Crippen molar-refractivity contribution in [1.82, 2.24) is 10.4 Å². The number of hydrazine groups is 1. The molecule has 0 saturated carbocycles. The first-order chi connectivity index (χ1) is 8.76. The molecule has 1 heterocycles.